The minimum atomic E-state index is -4.58. The lowest BCUT2D eigenvalue weighted by Gasteiger charge is -2.44. The predicted molar refractivity (Wildman–Crippen MR) is 112 cm³/mol. The fourth-order valence-corrected chi connectivity index (χ4v) is 4.47. The second kappa shape index (κ2) is 7.50. The number of fused-ring (bicyclic) bond motifs is 1. The number of hydrogen-bond acceptors (Lipinski definition) is 5. The average Bonchev–Trinajstić information content (AvgIpc) is 3.18. The first-order valence-corrected chi connectivity index (χ1v) is 10.8. The summed E-state index contributed by atoms with van der Waals surface area (Å²) in [5, 5.41) is 2.41. The number of oxazole rings is 1. The van der Waals surface area contributed by atoms with E-state index in [-0.39, 0.29) is 29.0 Å². The van der Waals surface area contributed by atoms with Gasteiger partial charge in [0, 0.05) is 42.6 Å². The van der Waals surface area contributed by atoms with Gasteiger partial charge in [-0.2, -0.15) is 18.2 Å². The fraction of sp³-hybridized carbons (Fsp3) is 0.478. The van der Waals surface area contributed by atoms with E-state index in [1.807, 2.05) is 13.8 Å². The van der Waals surface area contributed by atoms with Gasteiger partial charge >= 0.3 is 6.18 Å². The van der Waals surface area contributed by atoms with Crippen LogP contribution in [0.15, 0.2) is 34.3 Å². The van der Waals surface area contributed by atoms with Crippen molar-refractivity contribution >= 4 is 17.6 Å². The van der Waals surface area contributed by atoms with Gasteiger partial charge in [-0.05, 0) is 18.6 Å². The van der Waals surface area contributed by atoms with Gasteiger partial charge in [0.15, 0.2) is 17.3 Å². The Morgan fingerprint density at radius 3 is 2.67 bits per heavy atom. The maximum atomic E-state index is 14.6. The molecule has 1 aromatic heterocycles. The highest BCUT2D eigenvalue weighted by Gasteiger charge is 2.43. The van der Waals surface area contributed by atoms with Crippen molar-refractivity contribution in [2.45, 2.75) is 45.4 Å². The van der Waals surface area contributed by atoms with E-state index in [1.54, 1.807) is 4.90 Å². The minimum absolute atomic E-state index is 0.0158. The minimum Gasteiger partial charge on any atom is -0.486 e. The second-order valence-electron chi connectivity index (χ2n) is 9.66. The van der Waals surface area contributed by atoms with Gasteiger partial charge in [-0.1, -0.05) is 25.5 Å². The Hall–Kier alpha value is -3.04. The van der Waals surface area contributed by atoms with Gasteiger partial charge in [0.1, 0.15) is 18.3 Å². The molecule has 10 heteroatoms. The zero-order valence-corrected chi connectivity index (χ0v) is 18.1. The average molecular weight is 465 g/mol. The number of hydrogen-bond donors (Lipinski definition) is 1. The molecular weight excluding hydrogens is 442 g/mol. The molecule has 1 aromatic carbocycles. The number of ether oxygens (including phenoxy) is 1. The van der Waals surface area contributed by atoms with Crippen LogP contribution in [0.3, 0.4) is 0 Å². The summed E-state index contributed by atoms with van der Waals surface area (Å²) in [6, 6.07) is 3.89. The zero-order chi connectivity index (χ0) is 23.5. The number of benzene rings is 1. The van der Waals surface area contributed by atoms with Crippen molar-refractivity contribution in [1.82, 2.24) is 4.98 Å². The van der Waals surface area contributed by atoms with Crippen LogP contribution in [0.5, 0.6) is 5.75 Å². The number of carbonyl (C=O) groups excluding carboxylic acids is 1. The smallest absolute Gasteiger partial charge is 0.396 e. The number of alkyl halides is 3. The topological polar surface area (TPSA) is 67.6 Å². The summed E-state index contributed by atoms with van der Waals surface area (Å²) in [7, 11) is 0. The van der Waals surface area contributed by atoms with Gasteiger partial charge in [-0.15, -0.1) is 0 Å². The third-order valence-corrected chi connectivity index (χ3v) is 6.07. The first-order valence-electron chi connectivity index (χ1n) is 10.8. The van der Waals surface area contributed by atoms with Crippen LogP contribution in [0.4, 0.5) is 29.3 Å². The van der Waals surface area contributed by atoms with E-state index >= 15 is 0 Å². The SMILES string of the molecule is CC1(C)CN(c2nc(C(=O)Nc3ccc(OC4CC=C5CC54)c(F)c3)c(CC(F)(F)F)o2)C1. The number of halogens is 4. The molecule has 0 spiro atoms. The number of amides is 1. The van der Waals surface area contributed by atoms with Crippen LogP contribution < -0.4 is 15.0 Å². The van der Waals surface area contributed by atoms with Crippen molar-refractivity contribution < 1.29 is 31.5 Å². The molecule has 0 bridgehead atoms. The molecule has 2 heterocycles. The summed E-state index contributed by atoms with van der Waals surface area (Å²) in [6.45, 7) is 5.11. The molecule has 5 rings (SSSR count). The number of carbonyl (C=O) groups is 1. The van der Waals surface area contributed by atoms with Crippen molar-refractivity contribution in [2.24, 2.45) is 11.3 Å². The van der Waals surface area contributed by atoms with Crippen LogP contribution >= 0.6 is 0 Å². The first-order chi connectivity index (χ1) is 15.5. The Kier molecular flexibility index (Phi) is 4.95. The van der Waals surface area contributed by atoms with E-state index in [2.05, 4.69) is 16.4 Å². The van der Waals surface area contributed by atoms with Crippen molar-refractivity contribution in [1.29, 1.82) is 0 Å². The molecule has 1 N–H and O–H groups in total. The third-order valence-electron chi connectivity index (χ3n) is 6.07. The van der Waals surface area contributed by atoms with Crippen molar-refractivity contribution in [3.63, 3.8) is 0 Å². The molecule has 33 heavy (non-hydrogen) atoms. The van der Waals surface area contributed by atoms with Crippen LogP contribution in [0.25, 0.3) is 0 Å². The summed E-state index contributed by atoms with van der Waals surface area (Å²) in [4.78, 5) is 18.4. The summed E-state index contributed by atoms with van der Waals surface area (Å²) >= 11 is 0. The van der Waals surface area contributed by atoms with Crippen molar-refractivity contribution in [2.75, 3.05) is 23.3 Å². The summed E-state index contributed by atoms with van der Waals surface area (Å²) < 4.78 is 64.7. The Bertz CT molecular complexity index is 1130. The zero-order valence-electron chi connectivity index (χ0n) is 18.1. The van der Waals surface area contributed by atoms with Crippen LogP contribution in [0.1, 0.15) is 42.9 Å². The number of aromatic nitrogens is 1. The van der Waals surface area contributed by atoms with Crippen LogP contribution in [0, 0.1) is 17.2 Å². The predicted octanol–water partition coefficient (Wildman–Crippen LogP) is 5.11. The standard InChI is InChI=1S/C23H23F4N3O3/c1-22(2)10-30(11-22)21-29-19(18(33-21)9-23(25,26)27)20(31)28-13-4-6-17(15(24)8-13)32-16-5-3-12-7-14(12)16/h3-4,6,8,14,16H,5,7,9-11H2,1-2H3,(H,28,31). The van der Waals surface area contributed by atoms with Gasteiger partial charge in [0.25, 0.3) is 11.9 Å². The molecule has 1 amide bonds. The molecular formula is C23H23F4N3O3. The number of nitrogens with zero attached hydrogens (tertiary/aromatic N) is 2. The maximum absolute atomic E-state index is 14.6. The fourth-order valence-electron chi connectivity index (χ4n) is 4.47. The van der Waals surface area contributed by atoms with Crippen molar-refractivity contribution in [3.8, 4) is 5.75 Å². The van der Waals surface area contributed by atoms with E-state index in [0.29, 0.717) is 19.0 Å². The summed E-state index contributed by atoms with van der Waals surface area (Å²) in [6.07, 6.45) is -2.27. The van der Waals surface area contributed by atoms with Gasteiger partial charge in [-0.3, -0.25) is 4.79 Å². The van der Waals surface area contributed by atoms with E-state index < -0.39 is 35.8 Å². The van der Waals surface area contributed by atoms with Crippen LogP contribution in [-0.2, 0) is 6.42 Å². The number of anilines is 2. The summed E-state index contributed by atoms with van der Waals surface area (Å²) in [5.41, 5.74) is 0.936. The molecule has 6 nitrogen and oxygen atoms in total. The Morgan fingerprint density at radius 1 is 1.33 bits per heavy atom. The van der Waals surface area contributed by atoms with Gasteiger partial charge in [-0.25, -0.2) is 4.39 Å². The van der Waals surface area contributed by atoms with Gasteiger partial charge < -0.3 is 19.4 Å². The molecule has 2 atom stereocenters. The lowest BCUT2D eigenvalue weighted by atomic mass is 9.85. The molecule has 3 aliphatic rings. The highest BCUT2D eigenvalue weighted by Crippen LogP contribution is 2.48. The molecule has 2 aromatic rings. The lowest BCUT2D eigenvalue weighted by Crippen LogP contribution is -2.53. The highest BCUT2D eigenvalue weighted by atomic mass is 19.4. The molecule has 2 unspecified atom stereocenters. The van der Waals surface area contributed by atoms with E-state index in [1.165, 1.54) is 17.7 Å². The number of rotatable bonds is 6. The molecule has 2 aliphatic carbocycles. The second-order valence-corrected chi connectivity index (χ2v) is 9.66. The third kappa shape index (κ3) is 4.56. The Morgan fingerprint density at radius 2 is 2.09 bits per heavy atom. The number of nitrogens with one attached hydrogen (secondary N) is 1. The van der Waals surface area contributed by atoms with Crippen molar-refractivity contribution in [3.05, 3.63) is 47.1 Å². The first kappa shape index (κ1) is 21.8. The summed E-state index contributed by atoms with van der Waals surface area (Å²) in [5.74, 6) is -1.72. The maximum Gasteiger partial charge on any atom is 0.396 e. The van der Waals surface area contributed by atoms with Gasteiger partial charge in [0.05, 0.1) is 0 Å². The van der Waals surface area contributed by atoms with E-state index in [0.717, 1.165) is 18.9 Å². The molecule has 1 saturated carbocycles. The molecule has 176 valence electrons. The Labute approximate surface area is 187 Å². The highest BCUT2D eigenvalue weighted by molar-refractivity contribution is 6.03. The van der Waals surface area contributed by atoms with E-state index in [4.69, 9.17) is 9.15 Å². The van der Waals surface area contributed by atoms with Crippen LogP contribution in [-0.4, -0.2) is 36.3 Å². The Balaban J connectivity index is 1.31. The lowest BCUT2D eigenvalue weighted by molar-refractivity contribution is -0.130. The molecule has 2 fully saturated rings. The normalized spacial score (nSPS) is 23.0. The van der Waals surface area contributed by atoms with E-state index in [9.17, 15) is 22.4 Å². The quantitative estimate of drug-likeness (QED) is 0.474. The molecule has 1 saturated heterocycles. The molecule has 1 aliphatic heterocycles. The van der Waals surface area contributed by atoms with Gasteiger partial charge in [0.2, 0.25) is 0 Å². The largest absolute Gasteiger partial charge is 0.486 e. The molecule has 0 radical (unpaired) electrons. The monoisotopic (exact) mass is 465 g/mol. The van der Waals surface area contributed by atoms with Crippen LogP contribution in [0.2, 0.25) is 0 Å².